The van der Waals surface area contributed by atoms with Crippen LogP contribution in [0, 0.1) is 6.92 Å². The molecule has 1 atom stereocenters. The number of hydrogen-bond acceptors (Lipinski definition) is 3. The first-order valence-electron chi connectivity index (χ1n) is 8.02. The molecule has 0 fully saturated rings. The molecule has 4 rings (SSSR count). The van der Waals surface area contributed by atoms with Crippen LogP contribution < -0.4 is 10.2 Å². The van der Waals surface area contributed by atoms with Crippen molar-refractivity contribution < 1.29 is 4.79 Å². The van der Waals surface area contributed by atoms with E-state index in [0.29, 0.717) is 16.4 Å². The summed E-state index contributed by atoms with van der Waals surface area (Å²) in [6.45, 7) is 1.96. The van der Waals surface area contributed by atoms with E-state index >= 15 is 0 Å². The normalized spacial score (nSPS) is 16.0. The van der Waals surface area contributed by atoms with Crippen LogP contribution in [0.25, 0.3) is 0 Å². The van der Waals surface area contributed by atoms with Gasteiger partial charge in [0.15, 0.2) is 0 Å². The van der Waals surface area contributed by atoms with Gasteiger partial charge in [-0.25, -0.2) is 4.98 Å². The molecule has 1 N–H and O–H groups in total. The van der Waals surface area contributed by atoms with Crippen molar-refractivity contribution in [3.05, 3.63) is 88.6 Å². The fourth-order valence-corrected chi connectivity index (χ4v) is 3.28. The van der Waals surface area contributed by atoms with Gasteiger partial charge in [-0.3, -0.25) is 9.69 Å². The topological polar surface area (TPSA) is 45.2 Å². The van der Waals surface area contributed by atoms with Gasteiger partial charge in [0.25, 0.3) is 5.91 Å². The molecule has 3 aromatic rings. The Balaban J connectivity index is 1.81. The molecule has 1 aromatic heterocycles. The molecular weight excluding hydrogens is 334 g/mol. The molecule has 1 amide bonds. The average Bonchev–Trinajstić information content (AvgIpc) is 2.92. The molecule has 2 aromatic carbocycles. The van der Waals surface area contributed by atoms with Crippen molar-refractivity contribution in [2.75, 3.05) is 10.2 Å². The number of hydrogen-bond donors (Lipinski definition) is 1. The number of amides is 1. The van der Waals surface area contributed by atoms with Crippen LogP contribution in [0.5, 0.6) is 0 Å². The van der Waals surface area contributed by atoms with Crippen molar-refractivity contribution in [1.29, 1.82) is 0 Å². The molecule has 0 radical (unpaired) electrons. The Morgan fingerprint density at radius 3 is 2.64 bits per heavy atom. The van der Waals surface area contributed by atoms with Crippen LogP contribution >= 0.6 is 11.6 Å². The van der Waals surface area contributed by atoms with Crippen molar-refractivity contribution in [3.63, 3.8) is 0 Å². The Kier molecular flexibility index (Phi) is 3.90. The van der Waals surface area contributed by atoms with Gasteiger partial charge in [-0.2, -0.15) is 0 Å². The van der Waals surface area contributed by atoms with Gasteiger partial charge in [0.1, 0.15) is 12.0 Å². The lowest BCUT2D eigenvalue weighted by atomic mass is 10.1. The van der Waals surface area contributed by atoms with E-state index in [1.165, 1.54) is 0 Å². The van der Waals surface area contributed by atoms with Gasteiger partial charge >= 0.3 is 0 Å². The fourth-order valence-electron chi connectivity index (χ4n) is 3.10. The van der Waals surface area contributed by atoms with Crippen molar-refractivity contribution >= 4 is 29.0 Å². The molecule has 4 nitrogen and oxygen atoms in total. The largest absolute Gasteiger partial charge is 0.361 e. The zero-order valence-electron chi connectivity index (χ0n) is 13.6. The van der Waals surface area contributed by atoms with E-state index in [1.54, 1.807) is 11.1 Å². The third-order valence-electron chi connectivity index (χ3n) is 4.42. The van der Waals surface area contributed by atoms with Crippen LogP contribution in [0.2, 0.25) is 5.02 Å². The molecule has 2 heterocycles. The van der Waals surface area contributed by atoms with Gasteiger partial charge in [0.05, 0.1) is 0 Å². The quantitative estimate of drug-likeness (QED) is 0.737. The maximum Gasteiger partial charge on any atom is 0.261 e. The van der Waals surface area contributed by atoms with Crippen molar-refractivity contribution in [2.24, 2.45) is 0 Å². The van der Waals surface area contributed by atoms with Gasteiger partial charge in [-0.1, -0.05) is 41.9 Å². The molecular formula is C20H16ClN3O. The molecule has 1 aliphatic rings. The highest BCUT2D eigenvalue weighted by molar-refractivity contribution is 6.31. The lowest BCUT2D eigenvalue weighted by Crippen LogP contribution is -2.33. The number of aromatic nitrogens is 1. The van der Waals surface area contributed by atoms with Crippen LogP contribution in [-0.4, -0.2) is 10.9 Å². The highest BCUT2D eigenvalue weighted by Gasteiger charge is 2.38. The van der Waals surface area contributed by atoms with E-state index in [9.17, 15) is 4.79 Å². The molecule has 0 spiro atoms. The van der Waals surface area contributed by atoms with Gasteiger partial charge in [-0.05, 0) is 42.8 Å². The third-order valence-corrected chi connectivity index (χ3v) is 4.83. The van der Waals surface area contributed by atoms with E-state index in [2.05, 4.69) is 10.3 Å². The first-order chi connectivity index (χ1) is 12.2. The van der Waals surface area contributed by atoms with E-state index in [1.807, 2.05) is 67.6 Å². The standard InChI is InChI=1S/C20H16ClN3O/c1-13-16(21)9-6-10-17(13)23-19-14-7-2-3-8-15(14)20(25)24(19)18-11-4-5-12-22-18/h2-12,19,23H,1H3/t19-/m0/s1. The first-order valence-corrected chi connectivity index (χ1v) is 8.40. The molecule has 1 aliphatic heterocycles. The lowest BCUT2D eigenvalue weighted by Gasteiger charge is -2.27. The minimum Gasteiger partial charge on any atom is -0.361 e. The summed E-state index contributed by atoms with van der Waals surface area (Å²) in [5.74, 6) is 0.548. The molecule has 0 aliphatic carbocycles. The first kappa shape index (κ1) is 15.7. The van der Waals surface area contributed by atoms with E-state index < -0.39 is 0 Å². The number of fused-ring (bicyclic) bond motifs is 1. The maximum atomic E-state index is 13.0. The number of pyridine rings is 1. The van der Waals surface area contributed by atoms with Crippen molar-refractivity contribution in [2.45, 2.75) is 13.1 Å². The second-order valence-corrected chi connectivity index (χ2v) is 6.32. The van der Waals surface area contributed by atoms with E-state index in [-0.39, 0.29) is 12.1 Å². The minimum atomic E-state index is -0.337. The zero-order chi connectivity index (χ0) is 17.4. The predicted molar refractivity (Wildman–Crippen MR) is 100 cm³/mol. The third kappa shape index (κ3) is 2.65. The summed E-state index contributed by atoms with van der Waals surface area (Å²) < 4.78 is 0. The van der Waals surface area contributed by atoms with Crippen molar-refractivity contribution in [3.8, 4) is 0 Å². The van der Waals surface area contributed by atoms with Crippen molar-refractivity contribution in [1.82, 2.24) is 4.98 Å². The Morgan fingerprint density at radius 2 is 1.84 bits per heavy atom. The summed E-state index contributed by atoms with van der Waals surface area (Å²) in [6.07, 6.45) is 1.35. The number of nitrogens with zero attached hydrogens (tertiary/aromatic N) is 2. The molecule has 25 heavy (non-hydrogen) atoms. The summed E-state index contributed by atoms with van der Waals surface area (Å²) in [4.78, 5) is 19.0. The number of nitrogens with one attached hydrogen (secondary N) is 1. The van der Waals surface area contributed by atoms with Gasteiger partial charge in [0, 0.05) is 28.0 Å². The van der Waals surface area contributed by atoms with E-state index in [4.69, 9.17) is 11.6 Å². The summed E-state index contributed by atoms with van der Waals surface area (Å²) in [7, 11) is 0. The molecule has 0 bridgehead atoms. The maximum absolute atomic E-state index is 13.0. The second-order valence-electron chi connectivity index (χ2n) is 5.91. The average molecular weight is 350 g/mol. The Bertz CT molecular complexity index is 943. The summed E-state index contributed by atoms with van der Waals surface area (Å²) in [5.41, 5.74) is 3.45. The van der Waals surface area contributed by atoms with Crippen LogP contribution in [0.3, 0.4) is 0 Å². The number of benzene rings is 2. The smallest absolute Gasteiger partial charge is 0.261 e. The SMILES string of the molecule is Cc1c(Cl)cccc1N[C@@H]1c2ccccc2C(=O)N1c1ccccn1. The number of carbonyl (C=O) groups is 1. The van der Waals surface area contributed by atoms with Gasteiger partial charge in [-0.15, -0.1) is 0 Å². The highest BCUT2D eigenvalue weighted by atomic mass is 35.5. The molecule has 0 unspecified atom stereocenters. The van der Waals surface area contributed by atoms with Crippen LogP contribution in [-0.2, 0) is 0 Å². The van der Waals surface area contributed by atoms with E-state index in [0.717, 1.165) is 16.8 Å². The van der Waals surface area contributed by atoms with Crippen LogP contribution in [0.1, 0.15) is 27.7 Å². The molecule has 5 heteroatoms. The Labute approximate surface area is 151 Å². The molecule has 0 saturated carbocycles. The highest BCUT2D eigenvalue weighted by Crippen LogP contribution is 2.38. The molecule has 124 valence electrons. The predicted octanol–water partition coefficient (Wildman–Crippen LogP) is 4.81. The number of rotatable bonds is 3. The Morgan fingerprint density at radius 1 is 1.04 bits per heavy atom. The van der Waals surface area contributed by atoms with Gasteiger partial charge < -0.3 is 5.32 Å². The summed E-state index contributed by atoms with van der Waals surface area (Å²) in [5, 5.41) is 4.15. The van der Waals surface area contributed by atoms with Crippen LogP contribution in [0.15, 0.2) is 66.9 Å². The number of anilines is 2. The fraction of sp³-hybridized carbons (Fsp3) is 0.100. The minimum absolute atomic E-state index is 0.0634. The van der Waals surface area contributed by atoms with Gasteiger partial charge in [0.2, 0.25) is 0 Å². The Hall–Kier alpha value is -2.85. The van der Waals surface area contributed by atoms with Crippen LogP contribution in [0.4, 0.5) is 11.5 Å². The molecule has 0 saturated heterocycles. The summed E-state index contributed by atoms with van der Waals surface area (Å²) in [6, 6.07) is 18.9. The monoisotopic (exact) mass is 349 g/mol. The number of halogens is 1. The summed E-state index contributed by atoms with van der Waals surface area (Å²) >= 11 is 6.25. The second kappa shape index (κ2) is 6.22. The number of carbonyl (C=O) groups excluding carboxylic acids is 1. The zero-order valence-corrected chi connectivity index (χ0v) is 14.4. The lowest BCUT2D eigenvalue weighted by molar-refractivity contribution is 0.0992.